The van der Waals surface area contributed by atoms with Crippen LogP contribution in [0.3, 0.4) is 0 Å². The van der Waals surface area contributed by atoms with Crippen LogP contribution in [0.4, 0.5) is 22.0 Å². The molecule has 11 nitrogen and oxygen atoms in total. The van der Waals surface area contributed by atoms with Crippen molar-refractivity contribution < 1.29 is 18.8 Å². The maximum absolute atomic E-state index is 13.6. The van der Waals surface area contributed by atoms with Crippen LogP contribution in [0.15, 0.2) is 59.4 Å². The van der Waals surface area contributed by atoms with E-state index >= 15 is 0 Å². The molecule has 0 atom stereocenters. The van der Waals surface area contributed by atoms with Crippen LogP contribution in [0.25, 0.3) is 0 Å². The number of carbonyl (C=O) groups excluding carboxylic acids is 2. The molecule has 35 heavy (non-hydrogen) atoms. The number of likely N-dealkylation sites (N-methyl/N-ethyl adjacent to an activating group) is 1. The van der Waals surface area contributed by atoms with Crippen LogP contribution in [0.1, 0.15) is 18.4 Å². The van der Waals surface area contributed by atoms with Crippen LogP contribution >= 0.6 is 0 Å². The molecule has 3 amide bonds. The van der Waals surface area contributed by atoms with Gasteiger partial charge in [0.2, 0.25) is 5.91 Å². The third-order valence-electron chi connectivity index (χ3n) is 5.51. The zero-order chi connectivity index (χ0) is 24.4. The molecule has 1 aromatic carbocycles. The van der Waals surface area contributed by atoms with Crippen molar-refractivity contribution in [3.8, 4) is 12.0 Å². The van der Waals surface area contributed by atoms with Crippen LogP contribution < -0.4 is 15.0 Å². The molecule has 5 rings (SSSR count). The van der Waals surface area contributed by atoms with Gasteiger partial charge in [-0.2, -0.15) is 4.98 Å². The van der Waals surface area contributed by atoms with Gasteiger partial charge in [-0.15, -0.1) is 0 Å². The fourth-order valence-corrected chi connectivity index (χ4v) is 3.73. The molecule has 1 aliphatic heterocycles. The molecular formula is C24H25N7O4. The number of benzene rings is 1. The Morgan fingerprint density at radius 1 is 1.31 bits per heavy atom. The summed E-state index contributed by atoms with van der Waals surface area (Å²) in [6, 6.07) is 8.70. The normalized spacial score (nSPS) is 15.6. The highest BCUT2D eigenvalue weighted by Gasteiger charge is 2.41. The fraction of sp³-hybridized carbons (Fsp3) is 0.292. The first-order chi connectivity index (χ1) is 17.0. The number of fused-ring (bicyclic) bond motifs is 1. The van der Waals surface area contributed by atoms with E-state index in [1.54, 1.807) is 42.6 Å². The predicted molar refractivity (Wildman–Crippen MR) is 127 cm³/mol. The van der Waals surface area contributed by atoms with Gasteiger partial charge in [0.15, 0.2) is 5.82 Å². The van der Waals surface area contributed by atoms with Gasteiger partial charge in [-0.25, -0.2) is 14.7 Å². The average molecular weight is 476 g/mol. The summed E-state index contributed by atoms with van der Waals surface area (Å²) >= 11 is 0. The van der Waals surface area contributed by atoms with Gasteiger partial charge < -0.3 is 24.4 Å². The molecule has 11 heteroatoms. The minimum Gasteiger partial charge on any atom is -0.389 e. The van der Waals surface area contributed by atoms with Crippen molar-refractivity contribution in [1.82, 2.24) is 24.9 Å². The maximum Gasteiger partial charge on any atom is 0.330 e. The fourth-order valence-electron chi connectivity index (χ4n) is 3.73. The molecule has 0 unspecified atom stereocenters. The van der Waals surface area contributed by atoms with E-state index in [1.165, 1.54) is 17.2 Å². The zero-order valence-corrected chi connectivity index (χ0v) is 19.4. The number of ether oxygens (including phenoxy) is 1. The van der Waals surface area contributed by atoms with E-state index in [0.29, 0.717) is 30.3 Å². The number of nitrogens with zero attached hydrogens (tertiary/aromatic N) is 6. The first kappa shape index (κ1) is 22.5. The highest BCUT2D eigenvalue weighted by atomic mass is 16.6. The SMILES string of the molecule is CN(C)CC=CC(=O)Nc1cccc(N2C(=O)N(C3CC3)Cc3cnc(Oc4ccno4)nc32)c1. The molecular weight excluding hydrogens is 450 g/mol. The summed E-state index contributed by atoms with van der Waals surface area (Å²) in [5.41, 5.74) is 1.93. The zero-order valence-electron chi connectivity index (χ0n) is 19.4. The van der Waals surface area contributed by atoms with E-state index in [-0.39, 0.29) is 29.9 Å². The Kier molecular flexibility index (Phi) is 6.15. The van der Waals surface area contributed by atoms with E-state index in [1.807, 2.05) is 23.9 Å². The number of anilines is 3. The summed E-state index contributed by atoms with van der Waals surface area (Å²) in [7, 11) is 3.85. The number of nitrogens with one attached hydrogen (secondary N) is 1. The first-order valence-electron chi connectivity index (χ1n) is 11.3. The topological polar surface area (TPSA) is 117 Å². The Hall–Kier alpha value is -4.25. The minimum absolute atomic E-state index is 0.0358. The summed E-state index contributed by atoms with van der Waals surface area (Å²) in [5.74, 6) is 0.315. The summed E-state index contributed by atoms with van der Waals surface area (Å²) < 4.78 is 10.5. The Morgan fingerprint density at radius 3 is 2.91 bits per heavy atom. The predicted octanol–water partition coefficient (Wildman–Crippen LogP) is 3.55. The maximum atomic E-state index is 13.6. The second-order valence-corrected chi connectivity index (χ2v) is 8.62. The molecule has 0 spiro atoms. The van der Waals surface area contributed by atoms with Crippen LogP contribution in [0.5, 0.6) is 12.0 Å². The molecule has 0 radical (unpaired) electrons. The van der Waals surface area contributed by atoms with Crippen LogP contribution in [-0.4, -0.2) is 63.5 Å². The minimum atomic E-state index is -0.251. The molecule has 2 aliphatic rings. The lowest BCUT2D eigenvalue weighted by atomic mass is 10.1. The smallest absolute Gasteiger partial charge is 0.330 e. The highest BCUT2D eigenvalue weighted by molar-refractivity contribution is 6.03. The molecule has 180 valence electrons. The van der Waals surface area contributed by atoms with Crippen molar-refractivity contribution in [2.45, 2.75) is 25.4 Å². The van der Waals surface area contributed by atoms with Gasteiger partial charge in [0, 0.05) is 42.2 Å². The van der Waals surface area contributed by atoms with Crippen molar-refractivity contribution in [3.05, 3.63) is 60.4 Å². The molecule has 0 bridgehead atoms. The Balaban J connectivity index is 1.45. The van der Waals surface area contributed by atoms with Gasteiger partial charge in [0.1, 0.15) is 0 Å². The standard InChI is InChI=1S/C24H25N7O4/c1-29(2)12-4-7-20(32)27-17-5-3-6-19(13-17)31-22-16(15-30(24(31)33)18-8-9-18)14-25-23(28-22)34-21-10-11-26-35-21/h3-7,10-11,13-14,18H,8-9,12,15H2,1-2H3,(H,27,32). The van der Waals surface area contributed by atoms with Gasteiger partial charge in [-0.05, 0) is 45.1 Å². The quantitative estimate of drug-likeness (QED) is 0.492. The molecule has 3 heterocycles. The number of aromatic nitrogens is 3. The Labute approximate surface area is 202 Å². The number of urea groups is 1. The summed E-state index contributed by atoms with van der Waals surface area (Å²) in [5, 5.41) is 6.46. The number of carbonyl (C=O) groups is 2. The largest absolute Gasteiger partial charge is 0.389 e. The van der Waals surface area contributed by atoms with Crippen molar-refractivity contribution in [2.24, 2.45) is 0 Å². The molecule has 1 aliphatic carbocycles. The third-order valence-corrected chi connectivity index (χ3v) is 5.51. The van der Waals surface area contributed by atoms with Crippen molar-refractivity contribution in [3.63, 3.8) is 0 Å². The van der Waals surface area contributed by atoms with Crippen LogP contribution in [0, 0.1) is 0 Å². The first-order valence-corrected chi connectivity index (χ1v) is 11.3. The number of rotatable bonds is 8. The highest BCUT2D eigenvalue weighted by Crippen LogP contribution is 2.39. The number of amides is 3. The van der Waals surface area contributed by atoms with E-state index in [0.717, 1.165) is 18.4 Å². The van der Waals surface area contributed by atoms with E-state index in [9.17, 15) is 9.59 Å². The second kappa shape index (κ2) is 9.55. The summed E-state index contributed by atoms with van der Waals surface area (Å²) in [6.45, 7) is 1.08. The molecule has 2 aromatic heterocycles. The number of hydrogen-bond acceptors (Lipinski definition) is 8. The van der Waals surface area contributed by atoms with E-state index in [4.69, 9.17) is 9.26 Å². The van der Waals surface area contributed by atoms with Gasteiger partial charge in [-0.1, -0.05) is 17.3 Å². The summed E-state index contributed by atoms with van der Waals surface area (Å²) in [4.78, 5) is 40.0. The van der Waals surface area contributed by atoms with Gasteiger partial charge in [0.05, 0.1) is 18.4 Å². The molecule has 0 saturated heterocycles. The number of hydrogen-bond donors (Lipinski definition) is 1. The van der Waals surface area contributed by atoms with Crippen molar-refractivity contribution in [2.75, 3.05) is 30.9 Å². The summed E-state index contributed by atoms with van der Waals surface area (Å²) in [6.07, 6.45) is 8.32. The van der Waals surface area contributed by atoms with Gasteiger partial charge >= 0.3 is 18.0 Å². The molecule has 3 aromatic rings. The van der Waals surface area contributed by atoms with Crippen molar-refractivity contribution >= 4 is 29.1 Å². The second-order valence-electron chi connectivity index (χ2n) is 8.62. The van der Waals surface area contributed by atoms with E-state index in [2.05, 4.69) is 20.4 Å². The Bertz CT molecular complexity index is 1250. The van der Waals surface area contributed by atoms with Gasteiger partial charge in [0.25, 0.3) is 0 Å². The van der Waals surface area contributed by atoms with Crippen molar-refractivity contribution in [1.29, 1.82) is 0 Å². The van der Waals surface area contributed by atoms with E-state index < -0.39 is 0 Å². The lowest BCUT2D eigenvalue weighted by Crippen LogP contribution is -2.46. The molecule has 1 fully saturated rings. The molecule has 1 N–H and O–H groups in total. The third kappa shape index (κ3) is 5.14. The Morgan fingerprint density at radius 2 is 2.17 bits per heavy atom. The lowest BCUT2D eigenvalue weighted by molar-refractivity contribution is -0.111. The average Bonchev–Trinajstić information content (AvgIpc) is 3.54. The molecule has 1 saturated carbocycles. The van der Waals surface area contributed by atoms with Crippen LogP contribution in [0.2, 0.25) is 0 Å². The van der Waals surface area contributed by atoms with Crippen LogP contribution in [-0.2, 0) is 11.3 Å². The lowest BCUT2D eigenvalue weighted by Gasteiger charge is -2.36. The monoisotopic (exact) mass is 475 g/mol. The van der Waals surface area contributed by atoms with Gasteiger partial charge in [-0.3, -0.25) is 4.79 Å².